The molecular weight excluding hydrogens is 554 g/mol. The highest BCUT2D eigenvalue weighted by atomic mass is 16.8. The second kappa shape index (κ2) is 16.0. The molecule has 10 heteroatoms. The number of cyclic esters (lactones) is 1. The van der Waals surface area contributed by atoms with Crippen LogP contribution < -0.4 is 0 Å². The Morgan fingerprint density at radius 2 is 1.60 bits per heavy atom. The molecule has 0 aromatic heterocycles. The highest BCUT2D eigenvalue weighted by Crippen LogP contribution is 2.36. The van der Waals surface area contributed by atoms with E-state index in [0.29, 0.717) is 38.5 Å². The van der Waals surface area contributed by atoms with Gasteiger partial charge in [0.15, 0.2) is 5.79 Å². The van der Waals surface area contributed by atoms with Gasteiger partial charge in [0.25, 0.3) is 5.69 Å². The van der Waals surface area contributed by atoms with Crippen molar-refractivity contribution in [2.75, 3.05) is 0 Å². The first-order valence-corrected chi connectivity index (χ1v) is 16.3. The van der Waals surface area contributed by atoms with Crippen LogP contribution in [0.25, 0.3) is 0 Å². The number of carbonyl (C=O) groups excluding carboxylic acids is 2. The van der Waals surface area contributed by atoms with Crippen LogP contribution in [-0.2, 0) is 28.5 Å². The number of rotatable bonds is 17. The lowest BCUT2D eigenvalue weighted by molar-refractivity contribution is -0.384. The van der Waals surface area contributed by atoms with Crippen LogP contribution in [0.1, 0.15) is 127 Å². The molecule has 3 saturated heterocycles. The quantitative estimate of drug-likeness (QED) is 0.0786. The van der Waals surface area contributed by atoms with Crippen molar-refractivity contribution in [3.05, 3.63) is 39.9 Å². The van der Waals surface area contributed by atoms with Crippen molar-refractivity contribution in [2.45, 2.75) is 159 Å². The number of nitro groups is 1. The van der Waals surface area contributed by atoms with Gasteiger partial charge in [0.1, 0.15) is 12.2 Å². The van der Waals surface area contributed by atoms with Crippen molar-refractivity contribution in [1.82, 2.24) is 0 Å². The number of non-ortho nitro benzene ring substituents is 1. The van der Waals surface area contributed by atoms with Gasteiger partial charge in [-0.2, -0.15) is 0 Å². The van der Waals surface area contributed by atoms with E-state index in [1.54, 1.807) is 0 Å². The lowest BCUT2D eigenvalue weighted by Gasteiger charge is -2.27. The maximum atomic E-state index is 13.2. The van der Waals surface area contributed by atoms with E-state index in [1.807, 2.05) is 13.8 Å². The smallest absolute Gasteiger partial charge is 0.338 e. The van der Waals surface area contributed by atoms with Gasteiger partial charge >= 0.3 is 11.9 Å². The number of nitrogens with zero attached hydrogens (tertiary/aromatic N) is 1. The lowest BCUT2D eigenvalue weighted by atomic mass is 9.97. The lowest BCUT2D eigenvalue weighted by Crippen LogP contribution is -2.35. The molecule has 3 aliphatic heterocycles. The first kappa shape index (κ1) is 33.3. The molecule has 3 aliphatic rings. The van der Waals surface area contributed by atoms with Crippen LogP contribution in [0.15, 0.2) is 24.3 Å². The Kier molecular flexibility index (Phi) is 12.4. The molecule has 0 amide bonds. The molecule has 10 nitrogen and oxygen atoms in total. The van der Waals surface area contributed by atoms with Crippen molar-refractivity contribution < 1.29 is 38.2 Å². The summed E-state index contributed by atoms with van der Waals surface area (Å²) in [6.45, 7) is 6.11. The van der Waals surface area contributed by atoms with Gasteiger partial charge in [0.2, 0.25) is 0 Å². The predicted molar refractivity (Wildman–Crippen MR) is 160 cm³/mol. The summed E-state index contributed by atoms with van der Waals surface area (Å²) in [5.74, 6) is -1.44. The van der Waals surface area contributed by atoms with E-state index in [0.717, 1.165) is 12.8 Å². The third-order valence-electron chi connectivity index (χ3n) is 8.77. The molecule has 1 aromatic rings. The average molecular weight is 604 g/mol. The van der Waals surface area contributed by atoms with Gasteiger partial charge in [-0.05, 0) is 64.5 Å². The van der Waals surface area contributed by atoms with Crippen LogP contribution in [0, 0.1) is 10.1 Å². The van der Waals surface area contributed by atoms with Crippen LogP contribution in [0.5, 0.6) is 0 Å². The molecule has 3 fully saturated rings. The Bertz CT molecular complexity index is 1060. The van der Waals surface area contributed by atoms with Crippen LogP contribution >= 0.6 is 0 Å². The highest BCUT2D eigenvalue weighted by Gasteiger charge is 2.44. The van der Waals surface area contributed by atoms with Gasteiger partial charge in [-0.3, -0.25) is 14.9 Å². The van der Waals surface area contributed by atoms with Crippen LogP contribution in [0.3, 0.4) is 0 Å². The molecule has 1 aromatic carbocycles. The number of carbonyl (C=O) groups is 2. The van der Waals surface area contributed by atoms with Gasteiger partial charge in [-0.25, -0.2) is 4.79 Å². The van der Waals surface area contributed by atoms with Crippen LogP contribution in [0.4, 0.5) is 5.69 Å². The summed E-state index contributed by atoms with van der Waals surface area (Å²) in [5, 5.41) is 11.0. The Morgan fingerprint density at radius 3 is 2.23 bits per heavy atom. The van der Waals surface area contributed by atoms with E-state index < -0.39 is 22.8 Å². The summed E-state index contributed by atoms with van der Waals surface area (Å²) in [4.78, 5) is 35.4. The molecule has 0 radical (unpaired) electrons. The fourth-order valence-electron chi connectivity index (χ4n) is 6.50. The number of esters is 2. The number of nitro benzene ring substituents is 1. The standard InChI is InChI=1S/C33H49NO9/c1-4-5-6-7-8-9-10-11-12-29-30(43-33(2,3)42-29)20-19-28(26-18-17-25(39-26)27-21-22-31(35)40-27)41-32(36)23-13-15-24(16-14-23)34(37)38/h13-16,25-30H,4-12,17-22H2,1-3H3/t25-,26-,27+,28-,29-,30+/m0/s1. The second-order valence-electron chi connectivity index (χ2n) is 12.7. The first-order valence-electron chi connectivity index (χ1n) is 16.3. The highest BCUT2D eigenvalue weighted by molar-refractivity contribution is 5.89. The normalized spacial score (nSPS) is 27.2. The van der Waals surface area contributed by atoms with E-state index >= 15 is 0 Å². The molecule has 0 spiro atoms. The molecule has 6 atom stereocenters. The molecule has 0 aliphatic carbocycles. The topological polar surface area (TPSA) is 123 Å². The molecule has 0 unspecified atom stereocenters. The molecule has 240 valence electrons. The zero-order chi connectivity index (χ0) is 30.8. The maximum Gasteiger partial charge on any atom is 0.338 e. The minimum atomic E-state index is -0.679. The third-order valence-corrected chi connectivity index (χ3v) is 8.77. The predicted octanol–water partition coefficient (Wildman–Crippen LogP) is 7.20. The van der Waals surface area contributed by atoms with Crippen molar-refractivity contribution >= 4 is 17.6 Å². The Hall–Kier alpha value is -2.56. The van der Waals surface area contributed by atoms with E-state index in [1.165, 1.54) is 69.2 Å². The SMILES string of the molecule is CCCCCCCCCC[C@@H]1OC(C)(C)O[C@@H]1CC[C@H](OC(=O)c1ccc([N+](=O)[O-])cc1)[C@@H]1CC[C@@H]([C@H]2CCC(=O)O2)O1. The van der Waals surface area contributed by atoms with E-state index in [4.69, 9.17) is 23.7 Å². The van der Waals surface area contributed by atoms with Crippen molar-refractivity contribution in [2.24, 2.45) is 0 Å². The fourth-order valence-corrected chi connectivity index (χ4v) is 6.50. The summed E-state index contributed by atoms with van der Waals surface area (Å²) < 4.78 is 30.4. The maximum absolute atomic E-state index is 13.2. The second-order valence-corrected chi connectivity index (χ2v) is 12.7. The first-order chi connectivity index (χ1) is 20.6. The molecule has 4 rings (SSSR count). The molecule has 0 saturated carbocycles. The minimum Gasteiger partial charge on any atom is -0.460 e. The largest absolute Gasteiger partial charge is 0.460 e. The van der Waals surface area contributed by atoms with Crippen LogP contribution in [-0.4, -0.2) is 59.3 Å². The van der Waals surface area contributed by atoms with Gasteiger partial charge < -0.3 is 23.7 Å². The summed E-state index contributed by atoms with van der Waals surface area (Å²) in [5.41, 5.74) is 0.147. The summed E-state index contributed by atoms with van der Waals surface area (Å²) in [6.07, 6.45) is 12.9. The van der Waals surface area contributed by atoms with Crippen molar-refractivity contribution in [3.8, 4) is 0 Å². The Morgan fingerprint density at radius 1 is 0.953 bits per heavy atom. The minimum absolute atomic E-state index is 0.0312. The number of hydrogen-bond acceptors (Lipinski definition) is 9. The van der Waals surface area contributed by atoms with E-state index in [-0.39, 0.29) is 47.7 Å². The van der Waals surface area contributed by atoms with Gasteiger partial charge in [-0.1, -0.05) is 58.3 Å². The van der Waals surface area contributed by atoms with Gasteiger partial charge in [0.05, 0.1) is 34.9 Å². The third kappa shape index (κ3) is 9.98. The molecule has 3 heterocycles. The number of ether oxygens (including phenoxy) is 5. The van der Waals surface area contributed by atoms with Gasteiger partial charge in [-0.15, -0.1) is 0 Å². The summed E-state index contributed by atoms with van der Waals surface area (Å²) >= 11 is 0. The monoisotopic (exact) mass is 603 g/mol. The van der Waals surface area contributed by atoms with E-state index in [2.05, 4.69) is 6.92 Å². The van der Waals surface area contributed by atoms with Crippen molar-refractivity contribution in [1.29, 1.82) is 0 Å². The zero-order valence-electron chi connectivity index (χ0n) is 26.0. The van der Waals surface area contributed by atoms with Crippen LogP contribution in [0.2, 0.25) is 0 Å². The Balaban J connectivity index is 1.35. The van der Waals surface area contributed by atoms with E-state index in [9.17, 15) is 19.7 Å². The molecule has 0 bridgehead atoms. The number of hydrogen-bond donors (Lipinski definition) is 0. The molecule has 43 heavy (non-hydrogen) atoms. The fraction of sp³-hybridized carbons (Fsp3) is 0.758. The summed E-state index contributed by atoms with van der Waals surface area (Å²) in [6, 6.07) is 5.40. The molecular formula is C33H49NO9. The summed E-state index contributed by atoms with van der Waals surface area (Å²) in [7, 11) is 0. The van der Waals surface area contributed by atoms with Gasteiger partial charge in [0, 0.05) is 18.6 Å². The van der Waals surface area contributed by atoms with Crippen molar-refractivity contribution in [3.63, 3.8) is 0 Å². The Labute approximate surface area is 255 Å². The average Bonchev–Trinajstić information content (AvgIpc) is 3.71. The molecule has 0 N–H and O–H groups in total. The zero-order valence-corrected chi connectivity index (χ0v) is 26.0. The number of benzene rings is 1. The number of unbranched alkanes of at least 4 members (excludes halogenated alkanes) is 7.